The Morgan fingerprint density at radius 1 is 1.26 bits per heavy atom. The summed E-state index contributed by atoms with van der Waals surface area (Å²) in [6.07, 6.45) is 0.794. The van der Waals surface area contributed by atoms with Gasteiger partial charge in [-0.15, -0.1) is 0 Å². The SMILES string of the molecule is CCOc1ccccc1CCNC(=S)Nc1ccc(F)cc1Br. The molecule has 3 nitrogen and oxygen atoms in total. The molecule has 0 spiro atoms. The van der Waals surface area contributed by atoms with Crippen LogP contribution in [0.5, 0.6) is 5.75 Å². The van der Waals surface area contributed by atoms with Gasteiger partial charge in [-0.3, -0.25) is 0 Å². The first-order valence-corrected chi connectivity index (χ1v) is 8.51. The smallest absolute Gasteiger partial charge is 0.170 e. The molecule has 2 aromatic rings. The molecule has 0 saturated carbocycles. The van der Waals surface area contributed by atoms with Crippen LogP contribution in [0.4, 0.5) is 10.1 Å². The van der Waals surface area contributed by atoms with Crippen LogP contribution in [-0.4, -0.2) is 18.3 Å². The lowest BCUT2D eigenvalue weighted by Crippen LogP contribution is -2.30. The van der Waals surface area contributed by atoms with Crippen molar-refractivity contribution in [3.63, 3.8) is 0 Å². The lowest BCUT2D eigenvalue weighted by molar-refractivity contribution is 0.336. The first kappa shape index (κ1) is 17.7. The van der Waals surface area contributed by atoms with Crippen molar-refractivity contribution in [1.29, 1.82) is 0 Å². The molecule has 2 aromatic carbocycles. The zero-order chi connectivity index (χ0) is 16.7. The van der Waals surface area contributed by atoms with Gasteiger partial charge in [-0.05, 0) is 71.3 Å². The summed E-state index contributed by atoms with van der Waals surface area (Å²) in [6, 6.07) is 12.4. The third kappa shape index (κ3) is 5.48. The molecular weight excluding hydrogens is 379 g/mol. The number of hydrogen-bond donors (Lipinski definition) is 2. The summed E-state index contributed by atoms with van der Waals surface area (Å²) >= 11 is 8.56. The fourth-order valence-corrected chi connectivity index (χ4v) is 2.74. The van der Waals surface area contributed by atoms with E-state index < -0.39 is 0 Å². The minimum absolute atomic E-state index is 0.297. The predicted octanol–water partition coefficient (Wildman–Crippen LogP) is 4.52. The normalized spacial score (nSPS) is 10.2. The minimum atomic E-state index is -0.297. The van der Waals surface area contributed by atoms with Crippen molar-refractivity contribution in [3.8, 4) is 5.75 Å². The summed E-state index contributed by atoms with van der Waals surface area (Å²) in [4.78, 5) is 0. The molecule has 0 atom stereocenters. The zero-order valence-corrected chi connectivity index (χ0v) is 15.1. The standard InChI is InChI=1S/C17H18BrFN2OS/c1-2-22-16-6-4-3-5-12(16)9-10-20-17(23)21-15-8-7-13(19)11-14(15)18/h3-8,11H,2,9-10H2,1H3,(H2,20,21,23). The van der Waals surface area contributed by atoms with Crippen molar-refractivity contribution in [2.75, 3.05) is 18.5 Å². The summed E-state index contributed by atoms with van der Waals surface area (Å²) in [6.45, 7) is 3.28. The van der Waals surface area contributed by atoms with Gasteiger partial charge in [-0.2, -0.15) is 0 Å². The highest BCUT2D eigenvalue weighted by molar-refractivity contribution is 9.10. The summed E-state index contributed by atoms with van der Waals surface area (Å²) in [5, 5.41) is 6.67. The van der Waals surface area contributed by atoms with Gasteiger partial charge in [0.05, 0.1) is 12.3 Å². The molecular formula is C17H18BrFN2OS. The Balaban J connectivity index is 1.85. The van der Waals surface area contributed by atoms with E-state index in [0.29, 0.717) is 22.7 Å². The molecule has 0 bridgehead atoms. The largest absolute Gasteiger partial charge is 0.494 e. The molecule has 2 N–H and O–H groups in total. The van der Waals surface area contributed by atoms with E-state index in [1.54, 1.807) is 6.07 Å². The number of ether oxygens (including phenoxy) is 1. The number of halogens is 2. The van der Waals surface area contributed by atoms with Crippen LogP contribution in [0.1, 0.15) is 12.5 Å². The maximum atomic E-state index is 13.1. The fraction of sp³-hybridized carbons (Fsp3) is 0.235. The quantitative estimate of drug-likeness (QED) is 0.703. The van der Waals surface area contributed by atoms with Gasteiger partial charge < -0.3 is 15.4 Å². The van der Waals surface area contributed by atoms with Gasteiger partial charge in [0.15, 0.2) is 5.11 Å². The van der Waals surface area contributed by atoms with E-state index in [4.69, 9.17) is 17.0 Å². The van der Waals surface area contributed by atoms with E-state index in [1.807, 2.05) is 31.2 Å². The zero-order valence-electron chi connectivity index (χ0n) is 12.7. The molecule has 23 heavy (non-hydrogen) atoms. The lowest BCUT2D eigenvalue weighted by atomic mass is 10.1. The number of anilines is 1. The molecule has 0 aromatic heterocycles. The third-order valence-electron chi connectivity index (χ3n) is 3.13. The molecule has 0 radical (unpaired) electrons. The van der Waals surface area contributed by atoms with E-state index in [0.717, 1.165) is 23.4 Å². The molecule has 6 heteroatoms. The highest BCUT2D eigenvalue weighted by Gasteiger charge is 2.05. The number of rotatable bonds is 6. The van der Waals surface area contributed by atoms with Crippen molar-refractivity contribution in [2.45, 2.75) is 13.3 Å². The van der Waals surface area contributed by atoms with Crippen LogP contribution in [-0.2, 0) is 6.42 Å². The van der Waals surface area contributed by atoms with Gasteiger partial charge in [0.25, 0.3) is 0 Å². The number of para-hydroxylation sites is 1. The number of benzene rings is 2. The van der Waals surface area contributed by atoms with Gasteiger partial charge in [0, 0.05) is 11.0 Å². The van der Waals surface area contributed by atoms with Crippen molar-refractivity contribution in [1.82, 2.24) is 5.32 Å². The Kier molecular flexibility index (Phi) is 6.80. The Hall–Kier alpha value is -1.66. The number of nitrogens with one attached hydrogen (secondary N) is 2. The van der Waals surface area contributed by atoms with E-state index in [1.165, 1.54) is 12.1 Å². The minimum Gasteiger partial charge on any atom is -0.494 e. The second kappa shape index (κ2) is 8.84. The molecule has 0 fully saturated rings. The average molecular weight is 397 g/mol. The molecule has 2 rings (SSSR count). The maximum absolute atomic E-state index is 13.1. The van der Waals surface area contributed by atoms with Crippen LogP contribution in [0.15, 0.2) is 46.9 Å². The lowest BCUT2D eigenvalue weighted by Gasteiger charge is -2.13. The molecule has 0 unspecified atom stereocenters. The summed E-state index contributed by atoms with van der Waals surface area (Å²) in [7, 11) is 0. The Morgan fingerprint density at radius 3 is 2.78 bits per heavy atom. The van der Waals surface area contributed by atoms with Crippen LogP contribution >= 0.6 is 28.1 Å². The Labute approximate surface area is 149 Å². The van der Waals surface area contributed by atoms with Crippen molar-refractivity contribution in [3.05, 3.63) is 58.3 Å². The average Bonchev–Trinajstić information content (AvgIpc) is 2.52. The fourth-order valence-electron chi connectivity index (χ4n) is 2.07. The van der Waals surface area contributed by atoms with Gasteiger partial charge in [-0.1, -0.05) is 18.2 Å². The van der Waals surface area contributed by atoms with Crippen LogP contribution in [0, 0.1) is 5.82 Å². The van der Waals surface area contributed by atoms with Crippen LogP contribution in [0.2, 0.25) is 0 Å². The Morgan fingerprint density at radius 2 is 2.04 bits per heavy atom. The second-order valence-electron chi connectivity index (χ2n) is 4.80. The van der Waals surface area contributed by atoms with Gasteiger partial charge in [-0.25, -0.2) is 4.39 Å². The Bertz CT molecular complexity index is 681. The highest BCUT2D eigenvalue weighted by atomic mass is 79.9. The highest BCUT2D eigenvalue weighted by Crippen LogP contribution is 2.23. The predicted molar refractivity (Wildman–Crippen MR) is 99.6 cm³/mol. The molecule has 0 aliphatic rings. The molecule has 0 aliphatic carbocycles. The van der Waals surface area contributed by atoms with E-state index >= 15 is 0 Å². The number of thiocarbonyl (C=S) groups is 1. The first-order valence-electron chi connectivity index (χ1n) is 7.30. The van der Waals surface area contributed by atoms with Crippen LogP contribution in [0.25, 0.3) is 0 Å². The van der Waals surface area contributed by atoms with Crippen LogP contribution < -0.4 is 15.4 Å². The van der Waals surface area contributed by atoms with Crippen molar-refractivity contribution >= 4 is 38.9 Å². The monoisotopic (exact) mass is 396 g/mol. The maximum Gasteiger partial charge on any atom is 0.170 e. The summed E-state index contributed by atoms with van der Waals surface area (Å²) in [5.41, 5.74) is 1.85. The summed E-state index contributed by atoms with van der Waals surface area (Å²) in [5.74, 6) is 0.603. The van der Waals surface area contributed by atoms with Gasteiger partial charge in [0.2, 0.25) is 0 Å². The summed E-state index contributed by atoms with van der Waals surface area (Å²) < 4.78 is 19.3. The molecule has 0 heterocycles. The van der Waals surface area contributed by atoms with Crippen molar-refractivity contribution < 1.29 is 9.13 Å². The van der Waals surface area contributed by atoms with Crippen molar-refractivity contribution in [2.24, 2.45) is 0 Å². The van der Waals surface area contributed by atoms with Gasteiger partial charge in [0.1, 0.15) is 11.6 Å². The molecule has 0 aliphatic heterocycles. The van der Waals surface area contributed by atoms with E-state index in [2.05, 4.69) is 26.6 Å². The molecule has 0 saturated heterocycles. The van der Waals surface area contributed by atoms with Crippen LogP contribution in [0.3, 0.4) is 0 Å². The second-order valence-corrected chi connectivity index (χ2v) is 6.06. The van der Waals surface area contributed by atoms with E-state index in [-0.39, 0.29) is 5.82 Å². The topological polar surface area (TPSA) is 33.3 Å². The number of hydrogen-bond acceptors (Lipinski definition) is 2. The molecule has 0 amide bonds. The molecule has 122 valence electrons. The van der Waals surface area contributed by atoms with E-state index in [9.17, 15) is 4.39 Å². The first-order chi connectivity index (χ1) is 11.1. The third-order valence-corrected chi connectivity index (χ3v) is 4.03. The van der Waals surface area contributed by atoms with Gasteiger partial charge >= 0.3 is 0 Å².